The number of ether oxygens (including phenoxy) is 3. The molecule has 1 aromatic carbocycles. The Bertz CT molecular complexity index is 1210. The van der Waals surface area contributed by atoms with Crippen molar-refractivity contribution in [3.63, 3.8) is 0 Å². The summed E-state index contributed by atoms with van der Waals surface area (Å²) in [6.07, 6.45) is -0.126. The lowest BCUT2D eigenvalue weighted by Crippen LogP contribution is -2.45. The molecule has 1 aliphatic rings. The van der Waals surface area contributed by atoms with Crippen molar-refractivity contribution >= 4 is 23.9 Å². The first-order valence-corrected chi connectivity index (χ1v) is 10.2. The maximum atomic E-state index is 13.2. The number of benzene rings is 1. The molecule has 1 aliphatic heterocycles. The van der Waals surface area contributed by atoms with Gasteiger partial charge in [-0.15, -0.1) is 0 Å². The fourth-order valence-corrected chi connectivity index (χ4v) is 3.50. The van der Waals surface area contributed by atoms with E-state index in [9.17, 15) is 24.0 Å². The second kappa shape index (κ2) is 9.78. The molecule has 10 heteroatoms. The van der Waals surface area contributed by atoms with Gasteiger partial charge in [0.25, 0.3) is 11.5 Å². The molecule has 0 radical (unpaired) electrons. The summed E-state index contributed by atoms with van der Waals surface area (Å²) in [5.41, 5.74) is -0.666. The first-order chi connectivity index (χ1) is 15.6. The maximum absolute atomic E-state index is 13.2. The number of aryl methyl sites for hydroxylation is 1. The van der Waals surface area contributed by atoms with E-state index in [-0.39, 0.29) is 24.2 Å². The van der Waals surface area contributed by atoms with Crippen LogP contribution in [0.1, 0.15) is 48.0 Å². The zero-order valence-electron chi connectivity index (χ0n) is 18.5. The highest BCUT2D eigenvalue weighted by atomic mass is 16.6. The number of hydrogen-bond acceptors (Lipinski definition) is 8. The number of esters is 2. The predicted octanol–water partition coefficient (Wildman–Crippen LogP) is 1.43. The van der Waals surface area contributed by atoms with Gasteiger partial charge in [0.15, 0.2) is 0 Å². The van der Waals surface area contributed by atoms with Gasteiger partial charge >= 0.3 is 17.6 Å². The molecule has 0 bridgehead atoms. The summed E-state index contributed by atoms with van der Waals surface area (Å²) in [6.45, 7) is 7.67. The average Bonchev–Trinajstić information content (AvgIpc) is 3.14. The van der Waals surface area contributed by atoms with Crippen molar-refractivity contribution in [1.82, 2.24) is 9.13 Å². The maximum Gasteiger partial charge on any atom is 0.340 e. The van der Waals surface area contributed by atoms with Crippen LogP contribution in [0, 0.1) is 6.92 Å². The van der Waals surface area contributed by atoms with Gasteiger partial charge in [0.1, 0.15) is 25.0 Å². The second-order valence-corrected chi connectivity index (χ2v) is 7.61. The Morgan fingerprint density at radius 3 is 2.39 bits per heavy atom. The van der Waals surface area contributed by atoms with Crippen LogP contribution in [0.15, 0.2) is 46.6 Å². The van der Waals surface area contributed by atoms with Gasteiger partial charge < -0.3 is 14.2 Å². The molecular weight excluding hydrogens is 432 g/mol. The van der Waals surface area contributed by atoms with Crippen LogP contribution in [0.5, 0.6) is 0 Å². The van der Waals surface area contributed by atoms with Gasteiger partial charge in [-0.1, -0.05) is 30.4 Å². The van der Waals surface area contributed by atoms with Crippen molar-refractivity contribution in [3.8, 4) is 0 Å². The highest BCUT2D eigenvalue weighted by molar-refractivity contribution is 5.95. The topological polar surface area (TPSA) is 123 Å². The Hall–Kier alpha value is -3.79. The van der Waals surface area contributed by atoms with Crippen molar-refractivity contribution < 1.29 is 28.6 Å². The number of carbonyl (C=O) groups excluding carboxylic acids is 3. The van der Waals surface area contributed by atoms with E-state index in [1.165, 1.54) is 38.3 Å². The van der Waals surface area contributed by atoms with E-state index >= 15 is 0 Å². The van der Waals surface area contributed by atoms with Crippen molar-refractivity contribution in [2.75, 3.05) is 6.61 Å². The number of carbonyl (C=O) groups is 3. The average molecular weight is 456 g/mol. The van der Waals surface area contributed by atoms with Gasteiger partial charge in [0.2, 0.25) is 0 Å². The predicted molar refractivity (Wildman–Crippen MR) is 117 cm³/mol. The van der Waals surface area contributed by atoms with E-state index in [1.807, 2.05) is 6.92 Å². The minimum Gasteiger partial charge on any atom is -0.463 e. The van der Waals surface area contributed by atoms with Crippen LogP contribution < -0.4 is 11.2 Å². The molecule has 2 heterocycles. The largest absolute Gasteiger partial charge is 0.463 e. The molecular formula is C23H24N2O8. The van der Waals surface area contributed by atoms with Crippen molar-refractivity contribution in [3.05, 3.63) is 74.6 Å². The number of nitrogens with zero attached hydrogens (tertiary/aromatic N) is 2. The van der Waals surface area contributed by atoms with Gasteiger partial charge in [0.05, 0.1) is 5.56 Å². The molecule has 0 unspecified atom stereocenters. The summed E-state index contributed by atoms with van der Waals surface area (Å²) in [5, 5.41) is 0. The van der Waals surface area contributed by atoms with E-state index in [0.29, 0.717) is 4.57 Å². The zero-order chi connectivity index (χ0) is 24.3. The summed E-state index contributed by atoms with van der Waals surface area (Å²) in [5.74, 6) is -1.92. The van der Waals surface area contributed by atoms with Crippen LogP contribution in [0.25, 0.3) is 6.08 Å². The zero-order valence-corrected chi connectivity index (χ0v) is 18.5. The van der Waals surface area contributed by atoms with E-state index in [0.717, 1.165) is 10.1 Å². The van der Waals surface area contributed by atoms with Crippen LogP contribution in [-0.2, 0) is 23.8 Å². The summed E-state index contributed by atoms with van der Waals surface area (Å²) in [7, 11) is 0. The van der Waals surface area contributed by atoms with Crippen LogP contribution in [0.3, 0.4) is 0 Å². The normalized spacial score (nSPS) is 19.7. The Kier molecular flexibility index (Phi) is 7.07. The number of hydrogen-bond donors (Lipinski definition) is 0. The Morgan fingerprint density at radius 2 is 1.82 bits per heavy atom. The third-order valence-corrected chi connectivity index (χ3v) is 5.12. The molecule has 33 heavy (non-hydrogen) atoms. The van der Waals surface area contributed by atoms with Gasteiger partial charge in [0, 0.05) is 32.0 Å². The summed E-state index contributed by atoms with van der Waals surface area (Å²) in [6, 6.07) is 6.42. The summed E-state index contributed by atoms with van der Waals surface area (Å²) in [4.78, 5) is 61.8. The molecule has 0 aliphatic carbocycles. The van der Waals surface area contributed by atoms with Crippen LogP contribution >= 0.6 is 0 Å². The van der Waals surface area contributed by atoms with E-state index in [2.05, 4.69) is 6.58 Å². The quantitative estimate of drug-likeness (QED) is 0.598. The Morgan fingerprint density at radius 1 is 1.15 bits per heavy atom. The van der Waals surface area contributed by atoms with Gasteiger partial charge in [-0.25, -0.2) is 4.79 Å². The lowest BCUT2D eigenvalue weighted by molar-refractivity contribution is -0.155. The molecule has 10 nitrogen and oxygen atoms in total. The Balaban J connectivity index is 2.04. The standard InChI is InChI=1S/C23H24N2O8/c1-5-16-11-24(20-10-18(32-15(4)27)19(33-20)12-31-14(3)26)23(30)25(21(16)28)22(29)17-8-6-13(2)7-9-17/h5-9,11,18-20H,1,10,12H2,2-4H3/t18-,19+,20+/m0/s1. The molecule has 174 valence electrons. The number of aromatic nitrogens is 2. The molecule has 1 saturated heterocycles. The van der Waals surface area contributed by atoms with Crippen LogP contribution in [-0.4, -0.2) is 45.8 Å². The lowest BCUT2D eigenvalue weighted by Gasteiger charge is -2.18. The molecule has 3 atom stereocenters. The minimum absolute atomic E-state index is 0.00568. The highest BCUT2D eigenvalue weighted by Crippen LogP contribution is 2.30. The fraction of sp³-hybridized carbons (Fsp3) is 0.348. The first-order valence-electron chi connectivity index (χ1n) is 10.2. The monoisotopic (exact) mass is 456 g/mol. The van der Waals surface area contributed by atoms with Gasteiger partial charge in [-0.2, -0.15) is 4.57 Å². The molecule has 0 saturated carbocycles. The van der Waals surface area contributed by atoms with Gasteiger partial charge in [-0.05, 0) is 19.1 Å². The smallest absolute Gasteiger partial charge is 0.340 e. The minimum atomic E-state index is -0.987. The molecule has 0 N–H and O–H groups in total. The molecule has 1 aromatic heterocycles. The Labute approximate surface area is 189 Å². The third-order valence-electron chi connectivity index (χ3n) is 5.12. The number of rotatable bonds is 6. The SMILES string of the molecule is C=Cc1cn([C@H]2C[C@H](OC(C)=O)[C@@H](COC(C)=O)O2)c(=O)n(C(=O)c2ccc(C)cc2)c1=O. The third kappa shape index (κ3) is 5.17. The fourth-order valence-electron chi connectivity index (χ4n) is 3.50. The second-order valence-electron chi connectivity index (χ2n) is 7.61. The van der Waals surface area contributed by atoms with E-state index < -0.39 is 47.5 Å². The van der Waals surface area contributed by atoms with Crippen molar-refractivity contribution in [2.24, 2.45) is 0 Å². The van der Waals surface area contributed by atoms with E-state index in [4.69, 9.17) is 14.2 Å². The molecule has 1 fully saturated rings. The summed E-state index contributed by atoms with van der Waals surface area (Å²) >= 11 is 0. The highest BCUT2D eigenvalue weighted by Gasteiger charge is 2.40. The molecule has 2 aromatic rings. The molecule has 0 spiro atoms. The van der Waals surface area contributed by atoms with E-state index in [1.54, 1.807) is 12.1 Å². The summed E-state index contributed by atoms with van der Waals surface area (Å²) < 4.78 is 17.7. The van der Waals surface area contributed by atoms with Crippen LogP contribution in [0.2, 0.25) is 0 Å². The van der Waals surface area contributed by atoms with Crippen molar-refractivity contribution in [2.45, 2.75) is 45.6 Å². The van der Waals surface area contributed by atoms with Crippen LogP contribution in [0.4, 0.5) is 0 Å². The lowest BCUT2D eigenvalue weighted by atomic mass is 10.1. The first kappa shape index (κ1) is 23.9. The molecule has 0 amide bonds. The molecule has 3 rings (SSSR count). The van der Waals surface area contributed by atoms with Crippen molar-refractivity contribution in [1.29, 1.82) is 0 Å². The van der Waals surface area contributed by atoms with Gasteiger partial charge in [-0.3, -0.25) is 23.7 Å².